The molecular formula is C27H31N3O3S. The Morgan fingerprint density at radius 2 is 2.00 bits per heavy atom. The Hall–Kier alpha value is -3.19. The standard InChI is InChI=1S/C27H31N3O3S/c1-16(2)20-11-10-17(3)13-22(20)33-18(4)25(31)30-27-24(21-8-5-9-23(21)34-27)26(32)29-15-19-7-6-12-28-14-19/h6-7,10-14,16,18H,5,8-9,15H2,1-4H3,(H,29,32)(H,30,31). The molecular weight excluding hydrogens is 446 g/mol. The van der Waals surface area contributed by atoms with Crippen LogP contribution in [0.1, 0.15) is 70.6 Å². The van der Waals surface area contributed by atoms with Crippen molar-refractivity contribution in [3.8, 4) is 5.75 Å². The molecule has 178 valence electrons. The molecule has 6 nitrogen and oxygen atoms in total. The minimum absolute atomic E-state index is 0.173. The average Bonchev–Trinajstić information content (AvgIpc) is 3.39. The van der Waals surface area contributed by atoms with Crippen LogP contribution in [0.3, 0.4) is 0 Å². The summed E-state index contributed by atoms with van der Waals surface area (Å²) >= 11 is 1.50. The highest BCUT2D eigenvalue weighted by Gasteiger charge is 2.28. The Morgan fingerprint density at radius 3 is 2.74 bits per heavy atom. The van der Waals surface area contributed by atoms with Gasteiger partial charge in [-0.2, -0.15) is 0 Å². The molecule has 0 radical (unpaired) electrons. The lowest BCUT2D eigenvalue weighted by molar-refractivity contribution is -0.122. The molecule has 0 saturated heterocycles. The maximum atomic E-state index is 13.2. The van der Waals surface area contributed by atoms with E-state index in [0.717, 1.165) is 47.3 Å². The van der Waals surface area contributed by atoms with E-state index in [2.05, 4.69) is 41.6 Å². The van der Waals surface area contributed by atoms with Gasteiger partial charge in [0.1, 0.15) is 10.8 Å². The van der Waals surface area contributed by atoms with Gasteiger partial charge in [0.25, 0.3) is 11.8 Å². The number of amides is 2. The fourth-order valence-electron chi connectivity index (χ4n) is 4.18. The molecule has 0 spiro atoms. The summed E-state index contributed by atoms with van der Waals surface area (Å²) < 4.78 is 6.09. The normalized spacial score (nSPS) is 13.4. The molecule has 2 amide bonds. The summed E-state index contributed by atoms with van der Waals surface area (Å²) in [5.41, 5.74) is 4.71. The van der Waals surface area contributed by atoms with Crippen LogP contribution in [-0.4, -0.2) is 22.9 Å². The van der Waals surface area contributed by atoms with Gasteiger partial charge in [-0.25, -0.2) is 0 Å². The van der Waals surface area contributed by atoms with Gasteiger partial charge in [0, 0.05) is 23.8 Å². The Morgan fingerprint density at radius 1 is 1.18 bits per heavy atom. The molecule has 34 heavy (non-hydrogen) atoms. The summed E-state index contributed by atoms with van der Waals surface area (Å²) in [4.78, 5) is 31.5. The van der Waals surface area contributed by atoms with E-state index in [9.17, 15) is 9.59 Å². The van der Waals surface area contributed by atoms with Crippen LogP contribution in [0.5, 0.6) is 5.75 Å². The van der Waals surface area contributed by atoms with E-state index < -0.39 is 6.10 Å². The van der Waals surface area contributed by atoms with E-state index >= 15 is 0 Å². The molecule has 7 heteroatoms. The largest absolute Gasteiger partial charge is 0.481 e. The van der Waals surface area contributed by atoms with Crippen LogP contribution in [0.15, 0.2) is 42.7 Å². The second kappa shape index (κ2) is 10.4. The molecule has 2 heterocycles. The van der Waals surface area contributed by atoms with Gasteiger partial charge in [-0.15, -0.1) is 11.3 Å². The number of benzene rings is 1. The van der Waals surface area contributed by atoms with Crippen molar-refractivity contribution in [2.75, 3.05) is 5.32 Å². The second-order valence-electron chi connectivity index (χ2n) is 9.05. The monoisotopic (exact) mass is 477 g/mol. The van der Waals surface area contributed by atoms with E-state index in [1.165, 1.54) is 16.2 Å². The van der Waals surface area contributed by atoms with Gasteiger partial charge in [0.2, 0.25) is 0 Å². The Kier molecular flexibility index (Phi) is 7.32. The lowest BCUT2D eigenvalue weighted by atomic mass is 10.0. The minimum atomic E-state index is -0.706. The summed E-state index contributed by atoms with van der Waals surface area (Å²) in [6, 6.07) is 9.83. The van der Waals surface area contributed by atoms with E-state index in [-0.39, 0.29) is 17.7 Å². The average molecular weight is 478 g/mol. The van der Waals surface area contributed by atoms with Crippen molar-refractivity contribution >= 4 is 28.2 Å². The highest BCUT2D eigenvalue weighted by Crippen LogP contribution is 2.39. The van der Waals surface area contributed by atoms with Crippen LogP contribution >= 0.6 is 11.3 Å². The van der Waals surface area contributed by atoms with Crippen LogP contribution in [-0.2, 0) is 24.2 Å². The molecule has 1 atom stereocenters. The Bertz CT molecular complexity index is 1190. The zero-order valence-corrected chi connectivity index (χ0v) is 20.9. The summed E-state index contributed by atoms with van der Waals surface area (Å²) in [5.74, 6) is 0.562. The molecule has 1 aliphatic carbocycles. The van der Waals surface area contributed by atoms with Crippen molar-refractivity contribution < 1.29 is 14.3 Å². The van der Waals surface area contributed by atoms with Crippen molar-refractivity contribution in [2.24, 2.45) is 0 Å². The van der Waals surface area contributed by atoms with E-state index in [4.69, 9.17) is 4.74 Å². The van der Waals surface area contributed by atoms with Crippen LogP contribution in [0.2, 0.25) is 0 Å². The number of nitrogens with one attached hydrogen (secondary N) is 2. The first-order valence-electron chi connectivity index (χ1n) is 11.7. The Labute approximate surface area is 204 Å². The minimum Gasteiger partial charge on any atom is -0.481 e. The lowest BCUT2D eigenvalue weighted by Gasteiger charge is -2.19. The number of hydrogen-bond donors (Lipinski definition) is 2. The number of aromatic nitrogens is 1. The van der Waals surface area contributed by atoms with E-state index in [0.29, 0.717) is 17.1 Å². The van der Waals surface area contributed by atoms with E-state index in [1.807, 2.05) is 25.1 Å². The summed E-state index contributed by atoms with van der Waals surface area (Å²) in [5, 5.41) is 6.57. The lowest BCUT2D eigenvalue weighted by Crippen LogP contribution is -2.31. The summed E-state index contributed by atoms with van der Waals surface area (Å²) in [6.45, 7) is 8.34. The van der Waals surface area contributed by atoms with Crippen molar-refractivity contribution in [2.45, 2.75) is 65.5 Å². The number of carbonyl (C=O) groups is 2. The number of hydrogen-bond acceptors (Lipinski definition) is 5. The molecule has 0 fully saturated rings. The maximum Gasteiger partial charge on any atom is 0.265 e. The summed E-state index contributed by atoms with van der Waals surface area (Å²) in [6.07, 6.45) is 5.55. The van der Waals surface area contributed by atoms with E-state index in [1.54, 1.807) is 19.3 Å². The number of fused-ring (bicyclic) bond motifs is 1. The highest BCUT2D eigenvalue weighted by molar-refractivity contribution is 7.17. The maximum absolute atomic E-state index is 13.2. The second-order valence-corrected chi connectivity index (χ2v) is 10.2. The topological polar surface area (TPSA) is 80.3 Å². The van der Waals surface area contributed by atoms with Crippen molar-refractivity contribution in [1.29, 1.82) is 0 Å². The zero-order valence-electron chi connectivity index (χ0n) is 20.1. The third kappa shape index (κ3) is 5.30. The summed E-state index contributed by atoms with van der Waals surface area (Å²) in [7, 11) is 0. The Balaban J connectivity index is 1.50. The van der Waals surface area contributed by atoms with Crippen molar-refractivity contribution in [1.82, 2.24) is 10.3 Å². The molecule has 0 saturated carbocycles. The first kappa shape index (κ1) is 24.0. The third-order valence-corrected chi connectivity index (χ3v) is 7.23. The van der Waals surface area contributed by atoms with Gasteiger partial charge in [-0.05, 0) is 73.4 Å². The first-order chi connectivity index (χ1) is 16.3. The molecule has 0 aliphatic heterocycles. The predicted octanol–water partition coefficient (Wildman–Crippen LogP) is 5.40. The van der Waals surface area contributed by atoms with Crippen LogP contribution in [0.25, 0.3) is 0 Å². The predicted molar refractivity (Wildman–Crippen MR) is 136 cm³/mol. The zero-order chi connectivity index (χ0) is 24.2. The van der Waals surface area contributed by atoms with Crippen LogP contribution in [0, 0.1) is 6.92 Å². The van der Waals surface area contributed by atoms with Gasteiger partial charge in [0.15, 0.2) is 6.10 Å². The number of rotatable bonds is 8. The van der Waals surface area contributed by atoms with Gasteiger partial charge in [-0.1, -0.05) is 32.0 Å². The molecule has 1 aromatic carbocycles. The fraction of sp³-hybridized carbons (Fsp3) is 0.370. The van der Waals surface area contributed by atoms with Crippen LogP contribution in [0.4, 0.5) is 5.00 Å². The number of ether oxygens (including phenoxy) is 1. The van der Waals surface area contributed by atoms with Gasteiger partial charge < -0.3 is 15.4 Å². The number of thiophene rings is 1. The number of nitrogens with zero attached hydrogens (tertiary/aromatic N) is 1. The SMILES string of the molecule is Cc1ccc(C(C)C)c(OC(C)C(=O)Nc2sc3c(c2C(=O)NCc2cccnc2)CCC3)c1. The molecule has 4 rings (SSSR count). The smallest absolute Gasteiger partial charge is 0.265 e. The molecule has 2 aromatic heterocycles. The molecule has 1 unspecified atom stereocenters. The molecule has 2 N–H and O–H groups in total. The van der Waals surface area contributed by atoms with Gasteiger partial charge in [0.05, 0.1) is 5.56 Å². The number of carbonyl (C=O) groups excluding carboxylic acids is 2. The van der Waals surface area contributed by atoms with Crippen molar-refractivity contribution in [3.63, 3.8) is 0 Å². The molecule has 1 aliphatic rings. The molecule has 0 bridgehead atoms. The quantitative estimate of drug-likeness (QED) is 0.455. The van der Waals surface area contributed by atoms with Gasteiger partial charge >= 0.3 is 0 Å². The highest BCUT2D eigenvalue weighted by atomic mass is 32.1. The van der Waals surface area contributed by atoms with Crippen LogP contribution < -0.4 is 15.4 Å². The van der Waals surface area contributed by atoms with Crippen molar-refractivity contribution in [3.05, 3.63) is 75.4 Å². The number of anilines is 1. The number of aryl methyl sites for hydroxylation is 2. The first-order valence-corrected chi connectivity index (χ1v) is 12.5. The third-order valence-electron chi connectivity index (χ3n) is 6.03. The van der Waals surface area contributed by atoms with Gasteiger partial charge in [-0.3, -0.25) is 14.6 Å². The molecule has 3 aromatic rings. The fourth-order valence-corrected chi connectivity index (χ4v) is 5.47. The number of pyridine rings is 1.